The molecule has 3 heteroatoms. The van der Waals surface area contributed by atoms with E-state index in [4.69, 9.17) is 14.9 Å². The lowest BCUT2D eigenvalue weighted by atomic mass is 10.1. The van der Waals surface area contributed by atoms with Crippen molar-refractivity contribution in [3.8, 4) is 0 Å². The summed E-state index contributed by atoms with van der Waals surface area (Å²) in [4.78, 5) is 0. The van der Waals surface area contributed by atoms with Crippen molar-refractivity contribution in [2.75, 3.05) is 26.4 Å². The minimum absolute atomic E-state index is 0.346. The van der Waals surface area contributed by atoms with Crippen molar-refractivity contribution in [1.82, 2.24) is 0 Å². The summed E-state index contributed by atoms with van der Waals surface area (Å²) < 4.78 is 5.81. The minimum Gasteiger partial charge on any atom is -0.396 e. The number of ether oxygens (including phenoxy) is 1. The van der Waals surface area contributed by atoms with Crippen LogP contribution in [-0.4, -0.2) is 36.6 Å². The molecule has 0 aliphatic heterocycles. The number of unbranched alkanes of at least 4 members (excludes halogenated alkanes) is 18. The largest absolute Gasteiger partial charge is 0.396 e. The third-order valence-corrected chi connectivity index (χ3v) is 7.09. The molecule has 228 valence electrons. The van der Waals surface area contributed by atoms with Crippen LogP contribution in [0.1, 0.15) is 154 Å². The Morgan fingerprint density at radius 1 is 0.308 bits per heavy atom. The van der Waals surface area contributed by atoms with Crippen LogP contribution < -0.4 is 0 Å². The number of hydrogen-bond donors (Lipinski definition) is 2. The van der Waals surface area contributed by atoms with Gasteiger partial charge >= 0.3 is 0 Å². The number of aliphatic hydroxyl groups excluding tert-OH is 2. The summed E-state index contributed by atoms with van der Waals surface area (Å²) in [5.41, 5.74) is 0. The molecule has 0 spiro atoms. The first-order valence-corrected chi connectivity index (χ1v) is 16.8. The van der Waals surface area contributed by atoms with Crippen molar-refractivity contribution in [2.24, 2.45) is 0 Å². The monoisotopic (exact) mass is 547 g/mol. The average molecular weight is 547 g/mol. The third-order valence-electron chi connectivity index (χ3n) is 7.09. The zero-order chi connectivity index (χ0) is 28.2. The minimum atomic E-state index is 0.346. The third kappa shape index (κ3) is 36.8. The summed E-state index contributed by atoms with van der Waals surface area (Å²) >= 11 is 0. The molecule has 0 bridgehead atoms. The lowest BCUT2D eigenvalue weighted by Crippen LogP contribution is -1.97. The van der Waals surface area contributed by atoms with E-state index in [0.29, 0.717) is 13.2 Å². The molecule has 0 rings (SSSR count). The normalized spacial score (nSPS) is 12.4. The summed E-state index contributed by atoms with van der Waals surface area (Å²) in [5, 5.41) is 17.5. The molecule has 2 N–H and O–H groups in total. The zero-order valence-electron chi connectivity index (χ0n) is 25.7. The fourth-order valence-corrected chi connectivity index (χ4v) is 4.56. The summed E-state index contributed by atoms with van der Waals surface area (Å²) in [7, 11) is 0. The highest BCUT2D eigenvalue weighted by Crippen LogP contribution is 2.09. The van der Waals surface area contributed by atoms with Crippen molar-refractivity contribution >= 4 is 0 Å². The molecule has 0 saturated carbocycles. The maximum atomic E-state index is 8.76. The Labute approximate surface area is 243 Å². The molecule has 0 amide bonds. The fraction of sp³-hybridized carbons (Fsp3) is 0.778. The van der Waals surface area contributed by atoms with Gasteiger partial charge < -0.3 is 14.9 Å². The Morgan fingerprint density at radius 3 is 0.923 bits per heavy atom. The van der Waals surface area contributed by atoms with Gasteiger partial charge in [0.1, 0.15) is 0 Å². The van der Waals surface area contributed by atoms with E-state index < -0.39 is 0 Å². The van der Waals surface area contributed by atoms with Crippen LogP contribution in [0.5, 0.6) is 0 Å². The van der Waals surface area contributed by atoms with Crippen molar-refractivity contribution in [1.29, 1.82) is 0 Å². The van der Waals surface area contributed by atoms with Crippen molar-refractivity contribution in [3.63, 3.8) is 0 Å². The van der Waals surface area contributed by atoms with Gasteiger partial charge in [-0.15, -0.1) is 0 Å². The Bertz CT molecular complexity index is 502. The van der Waals surface area contributed by atoms with Gasteiger partial charge in [0, 0.05) is 26.4 Å². The lowest BCUT2D eigenvalue weighted by molar-refractivity contribution is 0.126. The molecular formula is C36H66O3. The van der Waals surface area contributed by atoms with Crippen LogP contribution in [0.3, 0.4) is 0 Å². The highest BCUT2D eigenvalue weighted by molar-refractivity contribution is 4.93. The lowest BCUT2D eigenvalue weighted by Gasteiger charge is -2.03. The van der Waals surface area contributed by atoms with Crippen molar-refractivity contribution in [3.05, 3.63) is 48.6 Å². The molecule has 0 atom stereocenters. The Morgan fingerprint density at radius 2 is 0.590 bits per heavy atom. The molecule has 0 heterocycles. The average Bonchev–Trinajstić information content (AvgIpc) is 2.95. The molecule has 0 aliphatic carbocycles. The first-order valence-electron chi connectivity index (χ1n) is 16.8. The molecule has 0 unspecified atom stereocenters. The van der Waals surface area contributed by atoms with Gasteiger partial charge in [-0.2, -0.15) is 0 Å². The van der Waals surface area contributed by atoms with Crippen molar-refractivity contribution in [2.45, 2.75) is 154 Å². The highest BCUT2D eigenvalue weighted by Gasteiger charge is 1.93. The highest BCUT2D eigenvalue weighted by atomic mass is 16.5. The zero-order valence-corrected chi connectivity index (χ0v) is 25.7. The second kappa shape index (κ2) is 36.8. The maximum Gasteiger partial charge on any atom is 0.0466 e. The van der Waals surface area contributed by atoms with Crippen LogP contribution >= 0.6 is 0 Å². The molecule has 0 fully saturated rings. The predicted molar refractivity (Wildman–Crippen MR) is 172 cm³/mol. The van der Waals surface area contributed by atoms with E-state index in [1.165, 1.54) is 128 Å². The Balaban J connectivity index is 3.22. The molecular weight excluding hydrogens is 480 g/mol. The predicted octanol–water partition coefficient (Wildman–Crippen LogP) is 10.6. The van der Waals surface area contributed by atoms with Gasteiger partial charge in [-0.1, -0.05) is 113 Å². The van der Waals surface area contributed by atoms with E-state index in [0.717, 1.165) is 38.9 Å². The van der Waals surface area contributed by atoms with Gasteiger partial charge in [0.25, 0.3) is 0 Å². The van der Waals surface area contributed by atoms with E-state index in [2.05, 4.69) is 48.6 Å². The summed E-state index contributed by atoms with van der Waals surface area (Å²) in [6, 6.07) is 0. The molecule has 0 aromatic rings. The first-order chi connectivity index (χ1) is 19.4. The number of aliphatic hydroxyl groups is 2. The van der Waals surface area contributed by atoms with Gasteiger partial charge in [-0.05, 0) is 89.9 Å². The number of hydrogen-bond acceptors (Lipinski definition) is 3. The summed E-state index contributed by atoms with van der Waals surface area (Å²) in [5.74, 6) is 0. The number of rotatable bonds is 32. The second-order valence-corrected chi connectivity index (χ2v) is 10.9. The molecule has 0 aromatic heterocycles. The van der Waals surface area contributed by atoms with Gasteiger partial charge in [0.15, 0.2) is 0 Å². The van der Waals surface area contributed by atoms with E-state index >= 15 is 0 Å². The van der Waals surface area contributed by atoms with Crippen molar-refractivity contribution < 1.29 is 14.9 Å². The van der Waals surface area contributed by atoms with E-state index in [9.17, 15) is 0 Å². The standard InChI is InChI=1S/C36H66O3/c37-33-29-25-21-17-13-9-5-1-3-7-11-15-19-23-27-31-35-39-36-32-28-24-20-16-12-8-4-2-6-10-14-18-22-26-30-34-38/h1-4,11-12,15-16,37-38H,5-10,13-14,17-36H2/b3-1-,4-2?,15-11-,16-12?. The number of allylic oxidation sites excluding steroid dienone is 8. The second-order valence-electron chi connectivity index (χ2n) is 10.9. The van der Waals surface area contributed by atoms with Gasteiger partial charge in [0.05, 0.1) is 0 Å². The topological polar surface area (TPSA) is 49.7 Å². The van der Waals surface area contributed by atoms with Gasteiger partial charge in [-0.3, -0.25) is 0 Å². The van der Waals surface area contributed by atoms with Crippen LogP contribution in [0, 0.1) is 0 Å². The summed E-state index contributed by atoms with van der Waals surface area (Å²) in [6.07, 6.45) is 47.6. The van der Waals surface area contributed by atoms with Gasteiger partial charge in [-0.25, -0.2) is 0 Å². The maximum absolute atomic E-state index is 8.76. The smallest absolute Gasteiger partial charge is 0.0466 e. The molecule has 0 saturated heterocycles. The van der Waals surface area contributed by atoms with Crippen LogP contribution in [0.15, 0.2) is 48.6 Å². The fourth-order valence-electron chi connectivity index (χ4n) is 4.56. The van der Waals surface area contributed by atoms with E-state index in [1.54, 1.807) is 0 Å². The quantitative estimate of drug-likeness (QED) is 0.0651. The Kier molecular flexibility index (Phi) is 35.7. The van der Waals surface area contributed by atoms with E-state index in [1.807, 2.05) is 0 Å². The molecule has 0 aromatic carbocycles. The van der Waals surface area contributed by atoms with Crippen LogP contribution in [0.2, 0.25) is 0 Å². The molecule has 3 nitrogen and oxygen atoms in total. The molecule has 0 radical (unpaired) electrons. The van der Waals surface area contributed by atoms with Gasteiger partial charge in [0.2, 0.25) is 0 Å². The SMILES string of the molecule is OCCCCCCCCC=CCC=CCCCCCOCCCCC/C=C\C/C=C\CCCCCCCCO. The van der Waals surface area contributed by atoms with Crippen LogP contribution in [0.4, 0.5) is 0 Å². The molecule has 39 heavy (non-hydrogen) atoms. The molecule has 0 aliphatic rings. The van der Waals surface area contributed by atoms with E-state index in [-0.39, 0.29) is 0 Å². The first kappa shape index (κ1) is 37.8. The van der Waals surface area contributed by atoms with Crippen LogP contribution in [-0.2, 0) is 4.74 Å². The Hall–Kier alpha value is -1.16. The van der Waals surface area contributed by atoms with Crippen LogP contribution in [0.25, 0.3) is 0 Å². The summed E-state index contributed by atoms with van der Waals surface area (Å²) in [6.45, 7) is 2.53.